The minimum Gasteiger partial charge on any atom is -0.387 e. The molecule has 0 fully saturated rings. The van der Waals surface area contributed by atoms with Gasteiger partial charge in [-0.3, -0.25) is 4.99 Å². The van der Waals surface area contributed by atoms with Gasteiger partial charge in [0.1, 0.15) is 0 Å². The number of unbranched alkanes of at least 4 members (excludes halogenated alkanes) is 7. The Hall–Kier alpha value is -0.530. The molecular formula is C15H32N2. The third kappa shape index (κ3) is 10.3. The first-order valence-corrected chi connectivity index (χ1v) is 7.29. The summed E-state index contributed by atoms with van der Waals surface area (Å²) in [6, 6.07) is 0. The van der Waals surface area contributed by atoms with Crippen LogP contribution in [0.1, 0.15) is 79.1 Å². The van der Waals surface area contributed by atoms with E-state index in [0.717, 1.165) is 12.4 Å². The second-order valence-electron chi connectivity index (χ2n) is 5.99. The fourth-order valence-corrected chi connectivity index (χ4v) is 1.68. The molecule has 0 saturated heterocycles. The Bertz CT molecular complexity index is 201. The second kappa shape index (κ2) is 9.49. The molecule has 0 bridgehead atoms. The normalized spacial score (nSPS) is 13.1. The lowest BCUT2D eigenvalue weighted by Gasteiger charge is -2.17. The first kappa shape index (κ1) is 16.5. The smallest absolute Gasteiger partial charge is 0.0991 e. The van der Waals surface area contributed by atoms with Crippen molar-refractivity contribution >= 4 is 5.84 Å². The fraction of sp³-hybridized carbons (Fsp3) is 0.933. The molecule has 0 aromatic rings. The third-order valence-corrected chi connectivity index (χ3v) is 3.06. The zero-order chi connectivity index (χ0) is 13.1. The van der Waals surface area contributed by atoms with Crippen molar-refractivity contribution in [3.8, 4) is 0 Å². The first-order valence-electron chi connectivity index (χ1n) is 7.29. The monoisotopic (exact) mass is 240 g/mol. The van der Waals surface area contributed by atoms with Crippen molar-refractivity contribution in [2.45, 2.75) is 79.1 Å². The van der Waals surface area contributed by atoms with E-state index in [1.807, 2.05) is 0 Å². The number of hydrogen-bond donors (Lipinski definition) is 1. The predicted octanol–water partition coefficient (Wildman–Crippen LogP) is 4.53. The van der Waals surface area contributed by atoms with Gasteiger partial charge in [0.25, 0.3) is 0 Å². The summed E-state index contributed by atoms with van der Waals surface area (Å²) < 4.78 is 0. The minimum absolute atomic E-state index is 0.0279. The SMILES string of the molecule is CCCCCCCCCCN=C(N)C(C)(C)C. The highest BCUT2D eigenvalue weighted by Gasteiger charge is 2.14. The van der Waals surface area contributed by atoms with Crippen molar-refractivity contribution in [3.63, 3.8) is 0 Å². The van der Waals surface area contributed by atoms with Crippen molar-refractivity contribution < 1.29 is 0 Å². The van der Waals surface area contributed by atoms with Crippen LogP contribution in [0.2, 0.25) is 0 Å². The summed E-state index contributed by atoms with van der Waals surface area (Å²) in [5.74, 6) is 0.792. The number of nitrogens with two attached hydrogens (primary N) is 1. The van der Waals surface area contributed by atoms with Crippen LogP contribution in [0.15, 0.2) is 4.99 Å². The van der Waals surface area contributed by atoms with Crippen LogP contribution < -0.4 is 5.73 Å². The summed E-state index contributed by atoms with van der Waals surface area (Å²) in [5.41, 5.74) is 5.92. The highest BCUT2D eigenvalue weighted by Crippen LogP contribution is 2.13. The average Bonchev–Trinajstić information content (AvgIpc) is 2.25. The first-order chi connectivity index (χ1) is 7.98. The zero-order valence-electron chi connectivity index (χ0n) is 12.4. The van der Waals surface area contributed by atoms with Gasteiger partial charge >= 0.3 is 0 Å². The molecule has 0 heterocycles. The molecule has 0 aliphatic heterocycles. The molecule has 2 N–H and O–H groups in total. The minimum atomic E-state index is 0.0279. The Morgan fingerprint density at radius 3 is 1.82 bits per heavy atom. The van der Waals surface area contributed by atoms with Crippen LogP contribution in [0.5, 0.6) is 0 Å². The van der Waals surface area contributed by atoms with Crippen LogP contribution in [0.4, 0.5) is 0 Å². The molecule has 17 heavy (non-hydrogen) atoms. The molecule has 0 rings (SSSR count). The fourth-order valence-electron chi connectivity index (χ4n) is 1.68. The van der Waals surface area contributed by atoms with Crippen LogP contribution in [-0.2, 0) is 0 Å². The zero-order valence-corrected chi connectivity index (χ0v) is 12.4. The van der Waals surface area contributed by atoms with E-state index >= 15 is 0 Å². The molecule has 0 atom stereocenters. The van der Waals surface area contributed by atoms with E-state index < -0.39 is 0 Å². The Kier molecular flexibility index (Phi) is 9.20. The number of amidine groups is 1. The summed E-state index contributed by atoms with van der Waals surface area (Å²) in [5, 5.41) is 0. The maximum absolute atomic E-state index is 5.90. The van der Waals surface area contributed by atoms with Gasteiger partial charge in [-0.05, 0) is 6.42 Å². The van der Waals surface area contributed by atoms with Crippen molar-refractivity contribution in [2.75, 3.05) is 6.54 Å². The van der Waals surface area contributed by atoms with E-state index in [1.165, 1.54) is 51.4 Å². The van der Waals surface area contributed by atoms with Crippen LogP contribution in [0.25, 0.3) is 0 Å². The second-order valence-corrected chi connectivity index (χ2v) is 5.99. The molecule has 0 aliphatic rings. The topological polar surface area (TPSA) is 38.4 Å². The summed E-state index contributed by atoms with van der Waals surface area (Å²) in [4.78, 5) is 4.44. The van der Waals surface area contributed by atoms with E-state index in [1.54, 1.807) is 0 Å². The standard InChI is InChI=1S/C15H32N2/c1-5-6-7-8-9-10-11-12-13-17-14(16)15(2,3)4/h5-13H2,1-4H3,(H2,16,17). The van der Waals surface area contributed by atoms with Gasteiger partial charge in [-0.1, -0.05) is 72.6 Å². The molecule has 102 valence electrons. The number of aliphatic imine (C=N–C) groups is 1. The third-order valence-electron chi connectivity index (χ3n) is 3.06. The van der Waals surface area contributed by atoms with Gasteiger partial charge in [0.15, 0.2) is 0 Å². The molecule has 0 spiro atoms. The van der Waals surface area contributed by atoms with Gasteiger partial charge in [0.2, 0.25) is 0 Å². The van der Waals surface area contributed by atoms with Crippen molar-refractivity contribution in [1.82, 2.24) is 0 Å². The summed E-state index contributed by atoms with van der Waals surface area (Å²) in [7, 11) is 0. The molecule has 0 aliphatic carbocycles. The molecule has 0 unspecified atom stereocenters. The Morgan fingerprint density at radius 2 is 1.35 bits per heavy atom. The van der Waals surface area contributed by atoms with Crippen LogP contribution >= 0.6 is 0 Å². The van der Waals surface area contributed by atoms with Crippen LogP contribution in [0.3, 0.4) is 0 Å². The summed E-state index contributed by atoms with van der Waals surface area (Å²) in [6.45, 7) is 9.49. The van der Waals surface area contributed by atoms with Crippen molar-refractivity contribution in [2.24, 2.45) is 16.1 Å². The number of nitrogens with zero attached hydrogens (tertiary/aromatic N) is 1. The maximum Gasteiger partial charge on any atom is 0.0991 e. The predicted molar refractivity (Wildman–Crippen MR) is 78.6 cm³/mol. The summed E-state index contributed by atoms with van der Waals surface area (Å²) in [6.07, 6.45) is 10.8. The molecule has 2 nitrogen and oxygen atoms in total. The maximum atomic E-state index is 5.90. The lowest BCUT2D eigenvalue weighted by atomic mass is 9.95. The molecule has 0 aromatic heterocycles. The van der Waals surface area contributed by atoms with Gasteiger partial charge in [-0.25, -0.2) is 0 Å². The number of hydrogen-bond acceptors (Lipinski definition) is 1. The van der Waals surface area contributed by atoms with E-state index in [-0.39, 0.29) is 5.41 Å². The van der Waals surface area contributed by atoms with E-state index in [4.69, 9.17) is 5.73 Å². The Morgan fingerprint density at radius 1 is 0.882 bits per heavy atom. The lowest BCUT2D eigenvalue weighted by Crippen LogP contribution is -2.29. The highest BCUT2D eigenvalue weighted by molar-refractivity contribution is 5.85. The molecule has 0 amide bonds. The summed E-state index contributed by atoms with van der Waals surface area (Å²) >= 11 is 0. The molecule has 0 saturated carbocycles. The molecular weight excluding hydrogens is 208 g/mol. The molecule has 2 heteroatoms. The van der Waals surface area contributed by atoms with Crippen LogP contribution in [0, 0.1) is 5.41 Å². The van der Waals surface area contributed by atoms with E-state index in [9.17, 15) is 0 Å². The molecule has 0 aromatic carbocycles. The lowest BCUT2D eigenvalue weighted by molar-refractivity contribution is 0.567. The van der Waals surface area contributed by atoms with E-state index in [0.29, 0.717) is 0 Å². The van der Waals surface area contributed by atoms with Crippen molar-refractivity contribution in [1.29, 1.82) is 0 Å². The Balaban J connectivity index is 3.35. The van der Waals surface area contributed by atoms with Gasteiger partial charge < -0.3 is 5.73 Å². The number of rotatable bonds is 9. The van der Waals surface area contributed by atoms with Gasteiger partial charge in [0, 0.05) is 12.0 Å². The van der Waals surface area contributed by atoms with Crippen LogP contribution in [-0.4, -0.2) is 12.4 Å². The van der Waals surface area contributed by atoms with Gasteiger partial charge in [0.05, 0.1) is 5.84 Å². The largest absolute Gasteiger partial charge is 0.387 e. The quantitative estimate of drug-likeness (QED) is 0.359. The van der Waals surface area contributed by atoms with Gasteiger partial charge in [-0.2, -0.15) is 0 Å². The average molecular weight is 240 g/mol. The van der Waals surface area contributed by atoms with E-state index in [2.05, 4.69) is 32.7 Å². The Labute approximate surface area is 108 Å². The van der Waals surface area contributed by atoms with Gasteiger partial charge in [-0.15, -0.1) is 0 Å². The van der Waals surface area contributed by atoms with Crippen molar-refractivity contribution in [3.05, 3.63) is 0 Å². The molecule has 0 radical (unpaired) electrons. The highest BCUT2D eigenvalue weighted by atomic mass is 14.9.